The molecule has 0 N–H and O–H groups in total. The first-order valence-corrected chi connectivity index (χ1v) is 3.05. The van der Waals surface area contributed by atoms with Crippen LogP contribution in [0.25, 0.3) is 0 Å². The Labute approximate surface area is 56.1 Å². The highest BCUT2D eigenvalue weighted by molar-refractivity contribution is 5.95. The van der Waals surface area contributed by atoms with Gasteiger partial charge in [-0.1, -0.05) is 25.7 Å². The van der Waals surface area contributed by atoms with Gasteiger partial charge in [-0.2, -0.15) is 0 Å². The van der Waals surface area contributed by atoms with Crippen LogP contribution in [0.5, 0.6) is 0 Å². The minimum absolute atomic E-state index is 0.0414. The van der Waals surface area contributed by atoms with Gasteiger partial charge in [0.05, 0.1) is 0 Å². The van der Waals surface area contributed by atoms with E-state index in [0.29, 0.717) is 5.57 Å². The van der Waals surface area contributed by atoms with Crippen molar-refractivity contribution < 1.29 is 4.79 Å². The zero-order chi connectivity index (χ0) is 7.28. The Kier molecular flexibility index (Phi) is 3.69. The molecular formula is C8H12O. The summed E-state index contributed by atoms with van der Waals surface area (Å²) in [6.45, 7) is 7.09. The van der Waals surface area contributed by atoms with Crippen molar-refractivity contribution in [1.29, 1.82) is 0 Å². The highest BCUT2D eigenvalue weighted by Crippen LogP contribution is 1.94. The van der Waals surface area contributed by atoms with E-state index in [-0.39, 0.29) is 5.78 Å². The molecule has 0 bridgehead atoms. The van der Waals surface area contributed by atoms with Gasteiger partial charge in [0.1, 0.15) is 0 Å². The Morgan fingerprint density at radius 3 is 2.56 bits per heavy atom. The fourth-order valence-electron chi connectivity index (χ4n) is 0.377. The molecule has 0 aromatic carbocycles. The standard InChI is InChI=1S/C8H12O/c1-4-5-6-7(2)8(3)9/h5-6H,2,4H2,1,3H3. The summed E-state index contributed by atoms with van der Waals surface area (Å²) in [5, 5.41) is 0. The molecule has 0 aliphatic heterocycles. The molecule has 0 radical (unpaired) electrons. The first-order valence-electron chi connectivity index (χ1n) is 3.05. The summed E-state index contributed by atoms with van der Waals surface area (Å²) >= 11 is 0. The second kappa shape index (κ2) is 4.07. The van der Waals surface area contributed by atoms with E-state index in [0.717, 1.165) is 6.42 Å². The third-order valence-corrected chi connectivity index (χ3v) is 1.01. The lowest BCUT2D eigenvalue weighted by Crippen LogP contribution is -1.89. The highest BCUT2D eigenvalue weighted by atomic mass is 16.1. The van der Waals surface area contributed by atoms with Crippen molar-refractivity contribution in [3.05, 3.63) is 24.3 Å². The van der Waals surface area contributed by atoms with Crippen LogP contribution in [0.15, 0.2) is 24.3 Å². The third kappa shape index (κ3) is 3.71. The number of rotatable bonds is 3. The lowest BCUT2D eigenvalue weighted by molar-refractivity contribution is -0.113. The Balaban J connectivity index is 3.77. The van der Waals surface area contributed by atoms with E-state index >= 15 is 0 Å². The van der Waals surface area contributed by atoms with Crippen molar-refractivity contribution >= 4 is 5.78 Å². The van der Waals surface area contributed by atoms with Crippen LogP contribution in [0.4, 0.5) is 0 Å². The van der Waals surface area contributed by atoms with Crippen LogP contribution in [0.2, 0.25) is 0 Å². The molecule has 0 heterocycles. The van der Waals surface area contributed by atoms with Crippen molar-refractivity contribution in [2.75, 3.05) is 0 Å². The smallest absolute Gasteiger partial charge is 0.159 e. The van der Waals surface area contributed by atoms with Crippen molar-refractivity contribution in [3.8, 4) is 0 Å². The van der Waals surface area contributed by atoms with Gasteiger partial charge >= 0.3 is 0 Å². The summed E-state index contributed by atoms with van der Waals surface area (Å²) in [5.41, 5.74) is 0.580. The fourth-order valence-corrected chi connectivity index (χ4v) is 0.377. The molecule has 0 aromatic heterocycles. The van der Waals surface area contributed by atoms with Crippen LogP contribution in [0, 0.1) is 0 Å². The molecule has 0 spiro atoms. The maximum atomic E-state index is 10.5. The molecule has 0 unspecified atom stereocenters. The van der Waals surface area contributed by atoms with Gasteiger partial charge in [-0.25, -0.2) is 0 Å². The number of carbonyl (C=O) groups is 1. The Morgan fingerprint density at radius 2 is 2.22 bits per heavy atom. The van der Waals surface area contributed by atoms with E-state index in [4.69, 9.17) is 0 Å². The lowest BCUT2D eigenvalue weighted by atomic mass is 10.2. The fraction of sp³-hybridized carbons (Fsp3) is 0.375. The third-order valence-electron chi connectivity index (χ3n) is 1.01. The Morgan fingerprint density at radius 1 is 1.67 bits per heavy atom. The van der Waals surface area contributed by atoms with E-state index in [2.05, 4.69) is 6.58 Å². The first-order chi connectivity index (χ1) is 4.18. The maximum absolute atomic E-state index is 10.5. The van der Waals surface area contributed by atoms with E-state index in [9.17, 15) is 4.79 Å². The van der Waals surface area contributed by atoms with E-state index in [1.165, 1.54) is 6.92 Å². The summed E-state index contributed by atoms with van der Waals surface area (Å²) < 4.78 is 0. The van der Waals surface area contributed by atoms with Crippen LogP contribution < -0.4 is 0 Å². The van der Waals surface area contributed by atoms with E-state index in [1.807, 2.05) is 13.0 Å². The number of allylic oxidation sites excluding steroid dienone is 3. The van der Waals surface area contributed by atoms with Crippen molar-refractivity contribution in [3.63, 3.8) is 0 Å². The van der Waals surface area contributed by atoms with Crippen molar-refractivity contribution in [2.45, 2.75) is 20.3 Å². The molecular weight excluding hydrogens is 112 g/mol. The van der Waals surface area contributed by atoms with Crippen LogP contribution in [0.1, 0.15) is 20.3 Å². The lowest BCUT2D eigenvalue weighted by Gasteiger charge is -1.87. The second-order valence-corrected chi connectivity index (χ2v) is 1.89. The molecule has 0 saturated carbocycles. The number of ketones is 1. The summed E-state index contributed by atoms with van der Waals surface area (Å²) in [7, 11) is 0. The average Bonchev–Trinajstić information content (AvgIpc) is 1.82. The molecule has 1 heteroatoms. The van der Waals surface area contributed by atoms with Crippen molar-refractivity contribution in [2.24, 2.45) is 0 Å². The van der Waals surface area contributed by atoms with Crippen LogP contribution in [-0.2, 0) is 4.79 Å². The van der Waals surface area contributed by atoms with Gasteiger partial charge in [0.15, 0.2) is 5.78 Å². The topological polar surface area (TPSA) is 17.1 Å². The zero-order valence-corrected chi connectivity index (χ0v) is 5.98. The molecule has 0 fully saturated rings. The number of hydrogen-bond donors (Lipinski definition) is 0. The van der Waals surface area contributed by atoms with Gasteiger partial charge < -0.3 is 0 Å². The monoisotopic (exact) mass is 124 g/mol. The van der Waals surface area contributed by atoms with Gasteiger partial charge in [-0.15, -0.1) is 0 Å². The molecule has 9 heavy (non-hydrogen) atoms. The molecule has 50 valence electrons. The largest absolute Gasteiger partial charge is 0.295 e. The number of hydrogen-bond acceptors (Lipinski definition) is 1. The molecule has 0 aliphatic carbocycles. The predicted octanol–water partition coefficient (Wildman–Crippen LogP) is 2.10. The zero-order valence-electron chi connectivity index (χ0n) is 5.98. The van der Waals surface area contributed by atoms with E-state index in [1.54, 1.807) is 6.08 Å². The Bertz CT molecular complexity index is 143. The van der Waals surface area contributed by atoms with Gasteiger partial charge in [-0.3, -0.25) is 4.79 Å². The SMILES string of the molecule is C=C(C=CCC)C(C)=O. The van der Waals surface area contributed by atoms with Crippen molar-refractivity contribution in [1.82, 2.24) is 0 Å². The van der Waals surface area contributed by atoms with Crippen LogP contribution in [-0.4, -0.2) is 5.78 Å². The van der Waals surface area contributed by atoms with E-state index < -0.39 is 0 Å². The highest BCUT2D eigenvalue weighted by Gasteiger charge is 1.91. The summed E-state index contributed by atoms with van der Waals surface area (Å²) in [6, 6.07) is 0. The maximum Gasteiger partial charge on any atom is 0.159 e. The molecule has 0 aliphatic rings. The normalized spacial score (nSPS) is 10.0. The van der Waals surface area contributed by atoms with Gasteiger partial charge in [0.2, 0.25) is 0 Å². The Hall–Kier alpha value is -0.850. The second-order valence-electron chi connectivity index (χ2n) is 1.89. The summed E-state index contributed by atoms with van der Waals surface area (Å²) in [5.74, 6) is 0.0414. The van der Waals surface area contributed by atoms with Crippen LogP contribution in [0.3, 0.4) is 0 Å². The quantitative estimate of drug-likeness (QED) is 0.416. The van der Waals surface area contributed by atoms with Gasteiger partial charge in [0.25, 0.3) is 0 Å². The van der Waals surface area contributed by atoms with Gasteiger partial charge in [0, 0.05) is 5.57 Å². The molecule has 0 amide bonds. The molecule has 0 aromatic rings. The minimum atomic E-state index is 0.0414. The minimum Gasteiger partial charge on any atom is -0.295 e. The number of carbonyl (C=O) groups excluding carboxylic acids is 1. The average molecular weight is 124 g/mol. The summed E-state index contributed by atoms with van der Waals surface area (Å²) in [6.07, 6.45) is 4.62. The number of Topliss-reactive ketones (excluding diaryl/α,β-unsaturated/α-hetero) is 1. The van der Waals surface area contributed by atoms with Crippen LogP contribution >= 0.6 is 0 Å². The summed E-state index contributed by atoms with van der Waals surface area (Å²) in [4.78, 5) is 10.5. The molecule has 0 atom stereocenters. The first kappa shape index (κ1) is 8.15. The van der Waals surface area contributed by atoms with Gasteiger partial charge in [-0.05, 0) is 13.3 Å². The molecule has 0 rings (SSSR count). The molecule has 0 saturated heterocycles. The molecule has 1 nitrogen and oxygen atoms in total. The predicted molar refractivity (Wildman–Crippen MR) is 39.3 cm³/mol.